The zero-order chi connectivity index (χ0) is 8.60. The average Bonchev–Trinajstić information content (AvgIpc) is 2.74. The van der Waals surface area contributed by atoms with Crippen LogP contribution in [-0.2, 0) is 6.42 Å². The largest absolute Gasteiger partial charge is 0.390 e. The van der Waals surface area contributed by atoms with Gasteiger partial charge in [-0.15, -0.1) is 0 Å². The van der Waals surface area contributed by atoms with Crippen molar-refractivity contribution in [1.29, 1.82) is 0 Å². The van der Waals surface area contributed by atoms with E-state index in [-0.39, 0.29) is 0 Å². The third-order valence-electron chi connectivity index (χ3n) is 2.36. The lowest BCUT2D eigenvalue weighted by molar-refractivity contribution is 0.150. The molecule has 0 saturated heterocycles. The van der Waals surface area contributed by atoms with Crippen molar-refractivity contribution in [3.63, 3.8) is 0 Å². The Kier molecular flexibility index (Phi) is 1.61. The Morgan fingerprint density at radius 3 is 2.92 bits per heavy atom. The zero-order valence-corrected chi connectivity index (χ0v) is 7.12. The molecule has 3 nitrogen and oxygen atoms in total. The molecule has 1 N–H and O–H groups in total. The smallest absolute Gasteiger partial charge is 0.115 e. The van der Waals surface area contributed by atoms with E-state index in [9.17, 15) is 5.11 Å². The van der Waals surface area contributed by atoms with Gasteiger partial charge in [-0.05, 0) is 25.3 Å². The number of nitrogens with zero attached hydrogens (tertiary/aromatic N) is 2. The molecule has 1 saturated carbocycles. The Bertz CT molecular complexity index is 294. The topological polar surface area (TPSA) is 46.0 Å². The summed E-state index contributed by atoms with van der Waals surface area (Å²) in [7, 11) is 0. The Morgan fingerprint density at radius 2 is 2.33 bits per heavy atom. The van der Waals surface area contributed by atoms with E-state index >= 15 is 0 Å². The van der Waals surface area contributed by atoms with Crippen LogP contribution in [0.5, 0.6) is 0 Å². The molecule has 3 heteroatoms. The Hall–Kier alpha value is -0.960. The lowest BCUT2D eigenvalue weighted by Crippen LogP contribution is -2.12. The summed E-state index contributed by atoms with van der Waals surface area (Å²) in [6, 6.07) is 0. The van der Waals surface area contributed by atoms with E-state index < -0.39 is 5.60 Å². The normalized spacial score (nSPS) is 19.2. The molecule has 1 heterocycles. The van der Waals surface area contributed by atoms with Crippen LogP contribution in [0.25, 0.3) is 0 Å². The van der Waals surface area contributed by atoms with Crippen molar-refractivity contribution in [1.82, 2.24) is 9.97 Å². The van der Waals surface area contributed by atoms with Crippen molar-refractivity contribution in [2.75, 3.05) is 0 Å². The second-order valence-corrected chi connectivity index (χ2v) is 3.53. The van der Waals surface area contributed by atoms with E-state index in [1.165, 1.54) is 6.33 Å². The molecular weight excluding hydrogens is 152 g/mol. The zero-order valence-electron chi connectivity index (χ0n) is 7.12. The summed E-state index contributed by atoms with van der Waals surface area (Å²) in [5.74, 6) is 0. The second-order valence-electron chi connectivity index (χ2n) is 3.53. The highest BCUT2D eigenvalue weighted by atomic mass is 16.3. The monoisotopic (exact) mass is 164 g/mol. The molecule has 0 aliphatic heterocycles. The van der Waals surface area contributed by atoms with E-state index in [2.05, 4.69) is 9.97 Å². The highest BCUT2D eigenvalue weighted by molar-refractivity contribution is 5.19. The van der Waals surface area contributed by atoms with Crippen LogP contribution < -0.4 is 0 Å². The van der Waals surface area contributed by atoms with Gasteiger partial charge in [-0.2, -0.15) is 0 Å². The Balaban J connectivity index is 2.17. The molecule has 0 bridgehead atoms. The van der Waals surface area contributed by atoms with E-state index in [0.717, 1.165) is 24.1 Å². The summed E-state index contributed by atoms with van der Waals surface area (Å²) in [5.41, 5.74) is 1.61. The number of rotatable bonds is 2. The SMILES string of the molecule is Cc1ncncc1CC1(O)CC1. The molecule has 1 aliphatic rings. The maximum absolute atomic E-state index is 9.65. The molecule has 0 unspecified atom stereocenters. The maximum atomic E-state index is 9.65. The number of hydrogen-bond acceptors (Lipinski definition) is 3. The lowest BCUT2D eigenvalue weighted by Gasteiger charge is -2.07. The first-order valence-electron chi connectivity index (χ1n) is 4.17. The van der Waals surface area contributed by atoms with Gasteiger partial charge < -0.3 is 5.11 Å². The Labute approximate surface area is 71.5 Å². The molecule has 1 aromatic heterocycles. The van der Waals surface area contributed by atoms with Crippen LogP contribution in [0, 0.1) is 6.92 Å². The van der Waals surface area contributed by atoms with E-state index in [0.29, 0.717) is 6.42 Å². The molecule has 0 aromatic carbocycles. The number of aliphatic hydroxyl groups is 1. The summed E-state index contributed by atoms with van der Waals surface area (Å²) < 4.78 is 0. The standard InChI is InChI=1S/C9H12N2O/c1-7-8(5-10-6-11-7)4-9(12)2-3-9/h5-6,12H,2-4H2,1H3. The van der Waals surface area contributed by atoms with Crippen LogP contribution in [-0.4, -0.2) is 20.7 Å². The second kappa shape index (κ2) is 2.52. The van der Waals surface area contributed by atoms with Crippen LogP contribution in [0.15, 0.2) is 12.5 Å². The summed E-state index contributed by atoms with van der Waals surface area (Å²) in [5, 5.41) is 9.65. The fourth-order valence-electron chi connectivity index (χ4n) is 1.27. The third kappa shape index (κ3) is 1.46. The van der Waals surface area contributed by atoms with Crippen LogP contribution in [0.2, 0.25) is 0 Å². The molecule has 0 radical (unpaired) electrons. The molecule has 64 valence electrons. The molecule has 1 aromatic rings. The van der Waals surface area contributed by atoms with Crippen molar-refractivity contribution in [3.05, 3.63) is 23.8 Å². The third-order valence-corrected chi connectivity index (χ3v) is 2.36. The minimum Gasteiger partial charge on any atom is -0.390 e. The molecular formula is C9H12N2O. The first-order valence-corrected chi connectivity index (χ1v) is 4.17. The fraction of sp³-hybridized carbons (Fsp3) is 0.556. The number of aryl methyl sites for hydroxylation is 1. The van der Waals surface area contributed by atoms with Gasteiger partial charge in [0.1, 0.15) is 6.33 Å². The van der Waals surface area contributed by atoms with Gasteiger partial charge >= 0.3 is 0 Å². The van der Waals surface area contributed by atoms with E-state index in [1.54, 1.807) is 6.20 Å². The summed E-state index contributed by atoms with van der Waals surface area (Å²) in [6.07, 6.45) is 5.87. The van der Waals surface area contributed by atoms with Gasteiger partial charge in [-0.25, -0.2) is 9.97 Å². The van der Waals surface area contributed by atoms with E-state index in [4.69, 9.17) is 0 Å². The van der Waals surface area contributed by atoms with Crippen LogP contribution in [0.3, 0.4) is 0 Å². The molecule has 0 amide bonds. The summed E-state index contributed by atoms with van der Waals surface area (Å²) >= 11 is 0. The first kappa shape index (κ1) is 7.68. The van der Waals surface area contributed by atoms with E-state index in [1.807, 2.05) is 6.92 Å². The molecule has 12 heavy (non-hydrogen) atoms. The van der Waals surface area contributed by atoms with Gasteiger partial charge in [-0.1, -0.05) is 0 Å². The van der Waals surface area contributed by atoms with Crippen LogP contribution in [0.1, 0.15) is 24.1 Å². The first-order chi connectivity index (χ1) is 5.70. The van der Waals surface area contributed by atoms with Crippen molar-refractivity contribution in [3.8, 4) is 0 Å². The summed E-state index contributed by atoms with van der Waals surface area (Å²) in [4.78, 5) is 8.00. The van der Waals surface area contributed by atoms with Gasteiger partial charge in [0.05, 0.1) is 5.60 Å². The Morgan fingerprint density at radius 1 is 1.58 bits per heavy atom. The molecule has 2 rings (SSSR count). The van der Waals surface area contributed by atoms with Crippen molar-refractivity contribution < 1.29 is 5.11 Å². The minimum atomic E-state index is -0.435. The maximum Gasteiger partial charge on any atom is 0.115 e. The molecule has 1 aliphatic carbocycles. The molecule has 0 spiro atoms. The predicted octanol–water partition coefficient (Wildman–Crippen LogP) is 0.852. The summed E-state index contributed by atoms with van der Waals surface area (Å²) in [6.45, 7) is 1.95. The average molecular weight is 164 g/mol. The van der Waals surface area contributed by atoms with Gasteiger partial charge in [-0.3, -0.25) is 0 Å². The molecule has 0 atom stereocenters. The van der Waals surface area contributed by atoms with Gasteiger partial charge in [0.15, 0.2) is 0 Å². The lowest BCUT2D eigenvalue weighted by atomic mass is 10.1. The fourth-order valence-corrected chi connectivity index (χ4v) is 1.27. The minimum absolute atomic E-state index is 0.435. The van der Waals surface area contributed by atoms with Crippen molar-refractivity contribution in [2.24, 2.45) is 0 Å². The quantitative estimate of drug-likeness (QED) is 0.705. The van der Waals surface area contributed by atoms with Gasteiger partial charge in [0, 0.05) is 18.3 Å². The predicted molar refractivity (Wildman–Crippen MR) is 44.7 cm³/mol. The van der Waals surface area contributed by atoms with Gasteiger partial charge in [0.25, 0.3) is 0 Å². The van der Waals surface area contributed by atoms with Crippen molar-refractivity contribution >= 4 is 0 Å². The number of hydrogen-bond donors (Lipinski definition) is 1. The number of aromatic nitrogens is 2. The highest BCUT2D eigenvalue weighted by Gasteiger charge is 2.40. The van der Waals surface area contributed by atoms with Crippen molar-refractivity contribution in [2.45, 2.75) is 31.8 Å². The highest BCUT2D eigenvalue weighted by Crippen LogP contribution is 2.38. The van der Waals surface area contributed by atoms with Crippen LogP contribution in [0.4, 0.5) is 0 Å². The van der Waals surface area contributed by atoms with Crippen LogP contribution >= 0.6 is 0 Å². The van der Waals surface area contributed by atoms with Gasteiger partial charge in [0.2, 0.25) is 0 Å². The molecule has 1 fully saturated rings.